The molecule has 1 heterocycles. The third kappa shape index (κ3) is 11.0. The number of nitrogens with one attached hydrogen (secondary N) is 4. The molecule has 270 valence electrons. The summed E-state index contributed by atoms with van der Waals surface area (Å²) in [5, 5.41) is 7.89. The van der Waals surface area contributed by atoms with E-state index in [0.717, 1.165) is 42.6 Å². The molecular formula is C34H45N7O8S. The minimum Gasteiger partial charge on any atom is -0.462 e. The van der Waals surface area contributed by atoms with Crippen molar-refractivity contribution >= 4 is 45.6 Å². The molecule has 0 aromatic heterocycles. The molecule has 16 heteroatoms. The fraction of sp³-hybridized carbons (Fsp3) is 0.471. The number of nitrogens with zero attached hydrogens (tertiary/aromatic N) is 2. The van der Waals surface area contributed by atoms with E-state index in [0.29, 0.717) is 5.56 Å². The van der Waals surface area contributed by atoms with Gasteiger partial charge in [0.05, 0.1) is 17.9 Å². The molecule has 2 fully saturated rings. The number of nitrogens with two attached hydrogens (primary N) is 1. The van der Waals surface area contributed by atoms with Crippen molar-refractivity contribution in [2.24, 2.45) is 10.7 Å². The van der Waals surface area contributed by atoms with Crippen molar-refractivity contribution in [1.82, 2.24) is 25.6 Å². The maximum atomic E-state index is 13.7. The number of hydrogen-bond donors (Lipinski definition) is 5. The molecule has 1 saturated heterocycles. The maximum absolute atomic E-state index is 13.7. The van der Waals surface area contributed by atoms with Crippen molar-refractivity contribution in [3.05, 3.63) is 65.7 Å². The Hall–Kier alpha value is -4.99. The van der Waals surface area contributed by atoms with E-state index in [4.69, 9.17) is 10.5 Å². The summed E-state index contributed by atoms with van der Waals surface area (Å²) in [7, 11) is -2.58. The van der Waals surface area contributed by atoms with Crippen LogP contribution in [0.15, 0.2) is 64.5 Å². The Morgan fingerprint density at radius 1 is 0.940 bits per heavy atom. The molecule has 3 atom stereocenters. The molecule has 0 unspecified atom stereocenters. The van der Waals surface area contributed by atoms with E-state index >= 15 is 0 Å². The van der Waals surface area contributed by atoms with Gasteiger partial charge < -0.3 is 31.3 Å². The molecule has 0 bridgehead atoms. The number of carbonyl (C=O) groups is 5. The van der Waals surface area contributed by atoms with Crippen LogP contribution in [-0.2, 0) is 38.7 Å². The zero-order chi connectivity index (χ0) is 36.3. The van der Waals surface area contributed by atoms with Gasteiger partial charge in [-0.25, -0.2) is 13.1 Å². The van der Waals surface area contributed by atoms with E-state index in [1.165, 1.54) is 19.2 Å². The van der Waals surface area contributed by atoms with E-state index in [-0.39, 0.29) is 36.3 Å². The van der Waals surface area contributed by atoms with Crippen LogP contribution in [0.2, 0.25) is 0 Å². The summed E-state index contributed by atoms with van der Waals surface area (Å²) in [6.45, 7) is 1.37. The number of guanidine groups is 1. The van der Waals surface area contributed by atoms with Crippen LogP contribution in [0.4, 0.5) is 0 Å². The average Bonchev–Trinajstić information content (AvgIpc) is 3.08. The number of ether oxygens (including phenoxy) is 1. The second-order valence-corrected chi connectivity index (χ2v) is 14.2. The van der Waals surface area contributed by atoms with Crippen LogP contribution >= 0.6 is 0 Å². The minimum absolute atomic E-state index is 0.00356. The Labute approximate surface area is 291 Å². The maximum Gasteiger partial charge on any atom is 0.308 e. The molecule has 0 spiro atoms. The molecule has 4 rings (SSSR count). The Balaban J connectivity index is 1.47. The molecule has 1 aliphatic carbocycles. The first-order chi connectivity index (χ1) is 23.8. The molecule has 1 saturated carbocycles. The van der Waals surface area contributed by atoms with E-state index in [1.54, 1.807) is 42.5 Å². The highest BCUT2D eigenvalue weighted by molar-refractivity contribution is 7.90. The highest BCUT2D eigenvalue weighted by Gasteiger charge is 2.35. The first-order valence-corrected chi connectivity index (χ1v) is 18.1. The SMILES string of the molecule is Cc1ccc(S(=O)(=O)NC(N)=NCCC[C@@H]2NC(=O)[C@H](c3ccccc3)NC(=O)[C@H](CC(=O)OC3CCCCC3)NC(=O)CN(C)C2=O)cc1. The first-order valence-electron chi connectivity index (χ1n) is 16.6. The van der Waals surface area contributed by atoms with Gasteiger partial charge in [0.1, 0.15) is 24.2 Å². The standard InChI is InChI=1S/C34H45N7O8S/c1-22-15-17-25(18-16-22)50(47,48)40-34(35)36-19-9-14-26-33(46)41(2)21-28(42)37-27(20-29(43)49-24-12-7-4-8-13-24)31(44)39-30(32(45)38-26)23-10-5-3-6-11-23/h3,5-6,10-11,15-18,24,26-27,30H,4,7-9,12-14,19-21H2,1-2H3,(H,37,42)(H,38,45)(H,39,44)(H3,35,36,40)/t26-,27-,30-/m0/s1. The van der Waals surface area contributed by atoms with E-state index in [9.17, 15) is 32.4 Å². The second kappa shape index (κ2) is 17.6. The lowest BCUT2D eigenvalue weighted by molar-refractivity contribution is -0.152. The van der Waals surface area contributed by atoms with Crippen molar-refractivity contribution in [3.63, 3.8) is 0 Å². The number of amides is 4. The fourth-order valence-corrected chi connectivity index (χ4v) is 6.69. The van der Waals surface area contributed by atoms with Gasteiger partial charge in [-0.1, -0.05) is 54.4 Å². The number of carbonyl (C=O) groups excluding carboxylic acids is 5. The number of rotatable bonds is 10. The Bertz CT molecular complexity index is 1660. The highest BCUT2D eigenvalue weighted by Crippen LogP contribution is 2.21. The Morgan fingerprint density at radius 2 is 1.62 bits per heavy atom. The van der Waals surface area contributed by atoms with Crippen molar-refractivity contribution < 1.29 is 37.1 Å². The molecule has 1 aliphatic heterocycles. The van der Waals surface area contributed by atoms with Gasteiger partial charge in [-0.05, 0) is 63.1 Å². The van der Waals surface area contributed by atoms with Crippen molar-refractivity contribution in [2.75, 3.05) is 20.1 Å². The van der Waals surface area contributed by atoms with Gasteiger partial charge in [-0.2, -0.15) is 0 Å². The summed E-state index contributed by atoms with van der Waals surface area (Å²) in [6.07, 6.45) is 3.92. The zero-order valence-electron chi connectivity index (χ0n) is 28.2. The van der Waals surface area contributed by atoms with E-state index in [2.05, 4.69) is 25.7 Å². The largest absolute Gasteiger partial charge is 0.462 e. The van der Waals surface area contributed by atoms with Crippen molar-refractivity contribution in [2.45, 2.75) is 87.4 Å². The lowest BCUT2D eigenvalue weighted by Crippen LogP contribution is -2.57. The molecule has 2 aromatic rings. The summed E-state index contributed by atoms with van der Waals surface area (Å²) >= 11 is 0. The van der Waals surface area contributed by atoms with Crippen LogP contribution in [0.3, 0.4) is 0 Å². The topological polar surface area (TPSA) is 218 Å². The van der Waals surface area contributed by atoms with Crippen LogP contribution in [-0.4, -0.2) is 87.2 Å². The summed E-state index contributed by atoms with van der Waals surface area (Å²) < 4.78 is 33.0. The van der Waals surface area contributed by atoms with Crippen LogP contribution in [0.25, 0.3) is 0 Å². The average molecular weight is 712 g/mol. The first kappa shape index (κ1) is 37.8. The summed E-state index contributed by atoms with van der Waals surface area (Å²) in [4.78, 5) is 72.0. The normalized spacial score (nSPS) is 21.6. The van der Waals surface area contributed by atoms with Crippen molar-refractivity contribution in [3.8, 4) is 0 Å². The van der Waals surface area contributed by atoms with Crippen LogP contribution in [0.5, 0.6) is 0 Å². The molecule has 6 N–H and O–H groups in total. The number of sulfonamides is 1. The van der Waals surface area contributed by atoms with E-state index in [1.807, 2.05) is 6.92 Å². The number of benzene rings is 2. The Morgan fingerprint density at radius 3 is 2.30 bits per heavy atom. The molecule has 2 aromatic carbocycles. The van der Waals surface area contributed by atoms with Gasteiger partial charge in [0.2, 0.25) is 29.6 Å². The number of hydrogen-bond acceptors (Lipinski definition) is 9. The summed E-state index contributed by atoms with van der Waals surface area (Å²) in [5.41, 5.74) is 7.13. The van der Waals surface area contributed by atoms with Gasteiger partial charge in [-0.3, -0.25) is 29.0 Å². The number of aryl methyl sites for hydroxylation is 1. The smallest absolute Gasteiger partial charge is 0.308 e. The van der Waals surface area contributed by atoms with Crippen LogP contribution in [0.1, 0.15) is 68.5 Å². The lowest BCUT2D eigenvalue weighted by Gasteiger charge is -2.29. The van der Waals surface area contributed by atoms with Crippen LogP contribution < -0.4 is 26.4 Å². The highest BCUT2D eigenvalue weighted by atomic mass is 32.2. The molecule has 0 radical (unpaired) electrons. The lowest BCUT2D eigenvalue weighted by atomic mass is 9.98. The van der Waals surface area contributed by atoms with Gasteiger partial charge in [0, 0.05) is 13.6 Å². The van der Waals surface area contributed by atoms with Gasteiger partial charge in [0.25, 0.3) is 10.0 Å². The third-order valence-electron chi connectivity index (χ3n) is 8.43. The molecule has 50 heavy (non-hydrogen) atoms. The molecular weight excluding hydrogens is 666 g/mol. The van der Waals surface area contributed by atoms with Crippen LogP contribution in [0, 0.1) is 6.92 Å². The fourth-order valence-electron chi connectivity index (χ4n) is 5.73. The summed E-state index contributed by atoms with van der Waals surface area (Å²) in [5.74, 6) is -3.74. The number of aliphatic imine (C=N–C) groups is 1. The monoisotopic (exact) mass is 711 g/mol. The summed E-state index contributed by atoms with van der Waals surface area (Å²) in [6, 6.07) is 10.8. The van der Waals surface area contributed by atoms with Gasteiger partial charge >= 0.3 is 5.97 Å². The number of likely N-dealkylation sites (N-methyl/N-ethyl adjacent to an activating group) is 1. The molecule has 15 nitrogen and oxygen atoms in total. The Kier molecular flexibility index (Phi) is 13.3. The minimum atomic E-state index is -3.96. The van der Waals surface area contributed by atoms with Gasteiger partial charge in [-0.15, -0.1) is 0 Å². The van der Waals surface area contributed by atoms with Crippen molar-refractivity contribution in [1.29, 1.82) is 0 Å². The van der Waals surface area contributed by atoms with Gasteiger partial charge in [0.15, 0.2) is 0 Å². The predicted octanol–water partition coefficient (Wildman–Crippen LogP) is 0.933. The third-order valence-corrected chi connectivity index (χ3v) is 9.80. The molecule has 2 aliphatic rings. The molecule has 4 amide bonds. The zero-order valence-corrected chi connectivity index (χ0v) is 29.0. The second-order valence-electron chi connectivity index (χ2n) is 12.5. The predicted molar refractivity (Wildman–Crippen MR) is 184 cm³/mol. The van der Waals surface area contributed by atoms with E-state index < -0.39 is 70.7 Å². The number of esters is 1. The quantitative estimate of drug-likeness (QED) is 0.102.